The lowest BCUT2D eigenvalue weighted by molar-refractivity contribution is -0.124. The van der Waals surface area contributed by atoms with Crippen LogP contribution in [0.25, 0.3) is 0 Å². The summed E-state index contributed by atoms with van der Waals surface area (Å²) in [6.07, 6.45) is 1.34. The quantitative estimate of drug-likeness (QED) is 0.885. The normalized spacial score (nSPS) is 19.9. The number of sulfonamides is 1. The van der Waals surface area contributed by atoms with Crippen molar-refractivity contribution in [1.29, 1.82) is 0 Å². The molecule has 1 fully saturated rings. The van der Waals surface area contributed by atoms with Crippen LogP contribution in [0, 0.1) is 0 Å². The van der Waals surface area contributed by atoms with Crippen molar-refractivity contribution in [2.75, 3.05) is 12.3 Å². The molecule has 1 aromatic carbocycles. The van der Waals surface area contributed by atoms with Crippen LogP contribution in [-0.4, -0.2) is 37.0 Å². The zero-order valence-electron chi connectivity index (χ0n) is 11.6. The Morgan fingerprint density at radius 1 is 1.35 bits per heavy atom. The molecule has 1 amide bonds. The number of hydrogen-bond donors (Lipinski definition) is 1. The Balaban J connectivity index is 1.98. The molecule has 1 aliphatic heterocycles. The maximum atomic E-state index is 12.2. The molecule has 1 aromatic rings. The summed E-state index contributed by atoms with van der Waals surface area (Å²) in [7, 11) is -3.30. The average Bonchev–Trinajstić information content (AvgIpc) is 2.96. The van der Waals surface area contributed by atoms with Crippen molar-refractivity contribution in [1.82, 2.24) is 9.62 Å². The predicted molar refractivity (Wildman–Crippen MR) is 77.5 cm³/mol. The van der Waals surface area contributed by atoms with Gasteiger partial charge < -0.3 is 5.32 Å². The van der Waals surface area contributed by atoms with Gasteiger partial charge in [-0.2, -0.15) is 4.31 Å². The molecule has 2 rings (SSSR count). The lowest BCUT2D eigenvalue weighted by Crippen LogP contribution is -2.46. The van der Waals surface area contributed by atoms with Crippen molar-refractivity contribution in [2.45, 2.75) is 32.4 Å². The van der Waals surface area contributed by atoms with Crippen molar-refractivity contribution in [2.24, 2.45) is 0 Å². The van der Waals surface area contributed by atoms with Crippen LogP contribution in [-0.2, 0) is 21.4 Å². The number of rotatable bonds is 5. The second kappa shape index (κ2) is 6.37. The van der Waals surface area contributed by atoms with Gasteiger partial charge in [0.1, 0.15) is 6.04 Å². The molecule has 0 spiro atoms. The minimum absolute atomic E-state index is 0.0372. The molecule has 0 unspecified atom stereocenters. The second-order valence-electron chi connectivity index (χ2n) is 4.87. The van der Waals surface area contributed by atoms with Gasteiger partial charge in [0, 0.05) is 13.1 Å². The summed E-state index contributed by atoms with van der Waals surface area (Å²) in [6.45, 7) is 2.47. The van der Waals surface area contributed by atoms with E-state index in [0.29, 0.717) is 19.5 Å². The Morgan fingerprint density at radius 2 is 2.05 bits per heavy atom. The van der Waals surface area contributed by atoms with Crippen LogP contribution in [0.2, 0.25) is 0 Å². The number of nitrogens with one attached hydrogen (secondary N) is 1. The molecule has 0 saturated carbocycles. The molecule has 20 heavy (non-hydrogen) atoms. The van der Waals surface area contributed by atoms with Crippen LogP contribution in [0.3, 0.4) is 0 Å². The van der Waals surface area contributed by atoms with Gasteiger partial charge in [-0.25, -0.2) is 8.42 Å². The molecule has 1 atom stereocenters. The summed E-state index contributed by atoms with van der Waals surface area (Å²) in [5.74, 6) is -0.168. The van der Waals surface area contributed by atoms with E-state index in [1.807, 2.05) is 30.3 Å². The molecule has 1 aliphatic rings. The zero-order chi connectivity index (χ0) is 14.6. The van der Waals surface area contributed by atoms with E-state index in [1.54, 1.807) is 6.92 Å². The van der Waals surface area contributed by atoms with Gasteiger partial charge in [-0.1, -0.05) is 30.3 Å². The Hall–Kier alpha value is -1.40. The smallest absolute Gasteiger partial charge is 0.238 e. The lowest BCUT2D eigenvalue weighted by atomic mass is 10.2. The molecular formula is C14H20N2O3S. The van der Waals surface area contributed by atoms with Gasteiger partial charge >= 0.3 is 0 Å². The third-order valence-corrected chi connectivity index (χ3v) is 5.42. The highest BCUT2D eigenvalue weighted by atomic mass is 32.2. The summed E-state index contributed by atoms with van der Waals surface area (Å²) in [5, 5.41) is 2.82. The number of carbonyl (C=O) groups excluding carboxylic acids is 1. The monoisotopic (exact) mass is 296 g/mol. The Bertz CT molecular complexity index is 557. The molecule has 1 heterocycles. The fraction of sp³-hybridized carbons (Fsp3) is 0.500. The Labute approximate surface area is 120 Å². The first-order chi connectivity index (χ1) is 9.54. The average molecular weight is 296 g/mol. The van der Waals surface area contributed by atoms with Gasteiger partial charge in [0.05, 0.1) is 5.75 Å². The molecule has 0 radical (unpaired) electrons. The van der Waals surface area contributed by atoms with Gasteiger partial charge in [-0.3, -0.25) is 4.79 Å². The highest BCUT2D eigenvalue weighted by molar-refractivity contribution is 7.89. The molecule has 110 valence electrons. The zero-order valence-corrected chi connectivity index (χ0v) is 12.4. The molecule has 6 heteroatoms. The van der Waals surface area contributed by atoms with Gasteiger partial charge in [0.25, 0.3) is 0 Å². The van der Waals surface area contributed by atoms with Gasteiger partial charge in [-0.15, -0.1) is 0 Å². The van der Waals surface area contributed by atoms with Gasteiger partial charge in [0.15, 0.2) is 0 Å². The van der Waals surface area contributed by atoms with E-state index >= 15 is 0 Å². The summed E-state index contributed by atoms with van der Waals surface area (Å²) in [5.41, 5.74) is 1.00. The van der Waals surface area contributed by atoms with Gasteiger partial charge in [-0.05, 0) is 25.3 Å². The molecule has 0 bridgehead atoms. The Morgan fingerprint density at radius 3 is 2.70 bits per heavy atom. The first-order valence-electron chi connectivity index (χ1n) is 6.85. The number of amides is 1. The maximum Gasteiger partial charge on any atom is 0.238 e. The van der Waals surface area contributed by atoms with E-state index in [4.69, 9.17) is 0 Å². The first kappa shape index (κ1) is 15.0. The molecule has 0 aliphatic carbocycles. The molecule has 1 N–H and O–H groups in total. The minimum atomic E-state index is -3.30. The third-order valence-electron chi connectivity index (χ3n) is 3.54. The number of hydrogen-bond acceptors (Lipinski definition) is 3. The van der Waals surface area contributed by atoms with Crippen LogP contribution < -0.4 is 5.32 Å². The number of carbonyl (C=O) groups is 1. The van der Waals surface area contributed by atoms with Gasteiger partial charge in [0.2, 0.25) is 15.9 Å². The van der Waals surface area contributed by atoms with Crippen LogP contribution >= 0.6 is 0 Å². The highest BCUT2D eigenvalue weighted by Crippen LogP contribution is 2.21. The number of benzene rings is 1. The van der Waals surface area contributed by atoms with Crippen LogP contribution in [0.4, 0.5) is 0 Å². The predicted octanol–water partition coefficient (Wildman–Crippen LogP) is 1.12. The largest absolute Gasteiger partial charge is 0.351 e. The standard InChI is InChI=1S/C14H20N2O3S/c1-2-20(18,19)16-10-6-9-13(16)14(17)15-11-12-7-4-3-5-8-12/h3-5,7-8,13H,2,6,9-11H2,1H3,(H,15,17)/t13-/m0/s1. The SMILES string of the molecule is CCS(=O)(=O)N1CCC[C@H]1C(=O)NCc1ccccc1. The Kier molecular flexibility index (Phi) is 4.77. The maximum absolute atomic E-state index is 12.2. The van der Waals surface area contributed by atoms with Crippen molar-refractivity contribution in [3.63, 3.8) is 0 Å². The van der Waals surface area contributed by atoms with Crippen molar-refractivity contribution in [3.8, 4) is 0 Å². The summed E-state index contributed by atoms with van der Waals surface area (Å²) >= 11 is 0. The minimum Gasteiger partial charge on any atom is -0.351 e. The fourth-order valence-corrected chi connectivity index (χ4v) is 3.73. The lowest BCUT2D eigenvalue weighted by Gasteiger charge is -2.22. The third kappa shape index (κ3) is 3.37. The molecule has 1 saturated heterocycles. The van der Waals surface area contributed by atoms with Crippen LogP contribution in [0.1, 0.15) is 25.3 Å². The molecule has 0 aromatic heterocycles. The van der Waals surface area contributed by atoms with E-state index < -0.39 is 16.1 Å². The van der Waals surface area contributed by atoms with E-state index in [1.165, 1.54) is 4.31 Å². The number of nitrogens with zero attached hydrogens (tertiary/aromatic N) is 1. The van der Waals surface area contributed by atoms with Crippen molar-refractivity contribution < 1.29 is 13.2 Å². The topological polar surface area (TPSA) is 66.5 Å². The summed E-state index contributed by atoms with van der Waals surface area (Å²) in [4.78, 5) is 12.2. The van der Waals surface area contributed by atoms with E-state index in [2.05, 4.69) is 5.32 Å². The second-order valence-corrected chi connectivity index (χ2v) is 7.08. The fourth-order valence-electron chi connectivity index (χ4n) is 2.40. The van der Waals surface area contributed by atoms with E-state index in [-0.39, 0.29) is 11.7 Å². The molecule has 5 nitrogen and oxygen atoms in total. The van der Waals surface area contributed by atoms with Crippen LogP contribution in [0.5, 0.6) is 0 Å². The van der Waals surface area contributed by atoms with Crippen molar-refractivity contribution in [3.05, 3.63) is 35.9 Å². The van der Waals surface area contributed by atoms with E-state index in [9.17, 15) is 13.2 Å². The van der Waals surface area contributed by atoms with Crippen molar-refractivity contribution >= 4 is 15.9 Å². The van der Waals surface area contributed by atoms with Crippen LogP contribution in [0.15, 0.2) is 30.3 Å². The summed E-state index contributed by atoms with van der Waals surface area (Å²) in [6, 6.07) is 9.03. The highest BCUT2D eigenvalue weighted by Gasteiger charge is 2.37. The molecular weight excluding hydrogens is 276 g/mol. The van der Waals surface area contributed by atoms with E-state index in [0.717, 1.165) is 12.0 Å². The summed E-state index contributed by atoms with van der Waals surface area (Å²) < 4.78 is 25.2. The first-order valence-corrected chi connectivity index (χ1v) is 8.46.